The molecule has 1 aliphatic rings. The molecular weight excluding hydrogens is 270 g/mol. The molecule has 0 atom stereocenters. The zero-order chi connectivity index (χ0) is 7.56. The van der Waals surface area contributed by atoms with Crippen molar-refractivity contribution < 1.29 is 49.5 Å². The summed E-state index contributed by atoms with van der Waals surface area (Å²) in [4.78, 5) is 0. The summed E-state index contributed by atoms with van der Waals surface area (Å²) < 4.78 is 1.65. The molecule has 0 N–H and O–H groups in total. The fourth-order valence-electron chi connectivity index (χ4n) is 1.18. The van der Waals surface area contributed by atoms with Gasteiger partial charge in [-0.05, 0) is 0 Å². The van der Waals surface area contributed by atoms with Gasteiger partial charge in [0.1, 0.15) is 0 Å². The Bertz CT molecular complexity index is 183. The summed E-state index contributed by atoms with van der Waals surface area (Å²) in [5, 5.41) is 0. The molecule has 0 fully saturated rings. The summed E-state index contributed by atoms with van der Waals surface area (Å²) in [5.41, 5.74) is 1.60. The van der Waals surface area contributed by atoms with Crippen LogP contribution in [-0.2, 0) is 24.7 Å². The summed E-state index contributed by atoms with van der Waals surface area (Å²) >= 11 is 1.60. The van der Waals surface area contributed by atoms with Crippen molar-refractivity contribution in [2.75, 3.05) is 0 Å². The second kappa shape index (κ2) is 7.36. The molecule has 0 heterocycles. The number of allylic oxidation sites excluding steroid dienone is 4. The first kappa shape index (κ1) is 15.4. The van der Waals surface area contributed by atoms with Gasteiger partial charge in [-0.25, -0.2) is 0 Å². The van der Waals surface area contributed by atoms with Crippen LogP contribution in [0.1, 0.15) is 26.7 Å². The molecule has 0 aliphatic heterocycles. The number of halogens is 2. The Morgan fingerprint density at radius 3 is 2.33 bits per heavy atom. The fourth-order valence-corrected chi connectivity index (χ4v) is 1.93. The molecule has 1 rings (SSSR count). The van der Waals surface area contributed by atoms with Gasteiger partial charge in [0.05, 0.1) is 0 Å². The van der Waals surface area contributed by atoms with Gasteiger partial charge in [-0.2, -0.15) is 0 Å². The van der Waals surface area contributed by atoms with Gasteiger partial charge in [0.2, 0.25) is 0 Å². The molecule has 0 aromatic rings. The minimum atomic E-state index is 0. The van der Waals surface area contributed by atoms with Crippen LogP contribution >= 0.6 is 0 Å². The van der Waals surface area contributed by atoms with Gasteiger partial charge in [0, 0.05) is 0 Å². The van der Waals surface area contributed by atoms with Crippen molar-refractivity contribution in [3.8, 4) is 0 Å². The van der Waals surface area contributed by atoms with Crippen LogP contribution in [0.2, 0.25) is 0 Å². The Morgan fingerprint density at radius 2 is 2.00 bits per heavy atom. The van der Waals surface area contributed by atoms with Crippen molar-refractivity contribution >= 4 is 0 Å². The van der Waals surface area contributed by atoms with E-state index < -0.39 is 0 Å². The molecule has 12 heavy (non-hydrogen) atoms. The van der Waals surface area contributed by atoms with Crippen molar-refractivity contribution in [3.63, 3.8) is 0 Å². The van der Waals surface area contributed by atoms with Gasteiger partial charge in [-0.3, -0.25) is 0 Å². The predicted molar refractivity (Wildman–Crippen MR) is 40.2 cm³/mol. The van der Waals surface area contributed by atoms with E-state index in [1.165, 1.54) is 12.8 Å². The summed E-state index contributed by atoms with van der Waals surface area (Å²) in [6.45, 7) is 4.56. The van der Waals surface area contributed by atoms with Crippen LogP contribution in [0, 0.1) is 5.92 Å². The Hall–Kier alpha value is 0.943. The maximum Gasteiger partial charge on any atom is -1.00 e. The topological polar surface area (TPSA) is 0 Å². The predicted octanol–water partition coefficient (Wildman–Crippen LogP) is -3.20. The van der Waals surface area contributed by atoms with Crippen molar-refractivity contribution in [1.29, 1.82) is 0 Å². The summed E-state index contributed by atoms with van der Waals surface area (Å²) in [6, 6.07) is 0. The number of hydrogen-bond acceptors (Lipinski definition) is 0. The third kappa shape index (κ3) is 4.85. The summed E-state index contributed by atoms with van der Waals surface area (Å²) in [5.74, 6) is 0.813. The largest absolute Gasteiger partial charge is 1.00 e. The minimum Gasteiger partial charge on any atom is -1.00 e. The van der Waals surface area contributed by atoms with Crippen molar-refractivity contribution in [2.24, 2.45) is 5.92 Å². The normalized spacial score (nSPS) is 14.8. The van der Waals surface area contributed by atoms with Gasteiger partial charge < -0.3 is 24.8 Å². The maximum absolute atomic E-state index is 2.30. The van der Waals surface area contributed by atoms with Crippen LogP contribution in [0.4, 0.5) is 0 Å². The third-order valence-electron chi connectivity index (χ3n) is 1.66. The van der Waals surface area contributed by atoms with Gasteiger partial charge in [-0.15, -0.1) is 0 Å². The fraction of sp³-hybridized carbons (Fsp3) is 0.556. The average Bonchev–Trinajstić information content (AvgIpc) is 2.15. The van der Waals surface area contributed by atoms with Crippen LogP contribution in [0.3, 0.4) is 0 Å². The third-order valence-corrected chi connectivity index (χ3v) is 2.95. The van der Waals surface area contributed by atoms with E-state index in [9.17, 15) is 0 Å². The summed E-state index contributed by atoms with van der Waals surface area (Å²) in [7, 11) is 0. The van der Waals surface area contributed by atoms with Gasteiger partial charge in [-0.1, -0.05) is 0 Å². The first-order valence-corrected chi connectivity index (χ1v) is 5.03. The molecule has 0 aromatic heterocycles. The van der Waals surface area contributed by atoms with Crippen LogP contribution in [0.25, 0.3) is 0 Å². The Morgan fingerprint density at radius 1 is 1.42 bits per heavy atom. The maximum atomic E-state index is 2.30. The molecule has 1 aliphatic carbocycles. The molecule has 0 amide bonds. The number of hydrogen-bond donors (Lipinski definition) is 0. The van der Waals surface area contributed by atoms with E-state index in [4.69, 9.17) is 0 Å². The Kier molecular flexibility index (Phi) is 9.45. The molecule has 67 valence electrons. The first-order valence-electron chi connectivity index (χ1n) is 3.80. The monoisotopic (exact) mass is 281 g/mol. The molecule has 0 saturated heterocycles. The van der Waals surface area contributed by atoms with Gasteiger partial charge in [0.25, 0.3) is 0 Å². The van der Waals surface area contributed by atoms with Crippen molar-refractivity contribution in [3.05, 3.63) is 21.0 Å². The van der Waals surface area contributed by atoms with Crippen molar-refractivity contribution in [1.82, 2.24) is 0 Å². The van der Waals surface area contributed by atoms with E-state index in [-0.39, 0.29) is 24.8 Å². The van der Waals surface area contributed by atoms with E-state index in [1.807, 2.05) is 0 Å². The van der Waals surface area contributed by atoms with E-state index >= 15 is 0 Å². The van der Waals surface area contributed by atoms with E-state index in [1.54, 1.807) is 33.6 Å². The van der Waals surface area contributed by atoms with E-state index in [2.05, 4.69) is 26.0 Å². The molecule has 0 spiro atoms. The van der Waals surface area contributed by atoms with Gasteiger partial charge in [0.15, 0.2) is 0 Å². The molecular formula is C9H13Cl2Zr. The van der Waals surface area contributed by atoms with Crippen LogP contribution in [0.15, 0.2) is 21.0 Å². The molecule has 0 aromatic carbocycles. The molecule has 0 unspecified atom stereocenters. The standard InChI is InChI=1S/C9H13.2ClH.Zr/c1-8(2)7-9-5-3-4-6-9;;;/h3,5,8H,4,7H2,1-2H3;2*1H;/q;;;+2/p-2. The molecule has 3 heteroatoms. The Labute approximate surface area is 103 Å². The quantitative estimate of drug-likeness (QED) is 0.501. The average molecular weight is 283 g/mol. The van der Waals surface area contributed by atoms with Crippen LogP contribution in [-0.4, -0.2) is 0 Å². The van der Waals surface area contributed by atoms with Gasteiger partial charge >= 0.3 is 78.3 Å². The van der Waals surface area contributed by atoms with Crippen LogP contribution < -0.4 is 24.8 Å². The molecule has 0 nitrogen and oxygen atoms in total. The van der Waals surface area contributed by atoms with E-state index in [0.717, 1.165) is 5.92 Å². The van der Waals surface area contributed by atoms with Crippen LogP contribution in [0.5, 0.6) is 0 Å². The van der Waals surface area contributed by atoms with Crippen molar-refractivity contribution in [2.45, 2.75) is 26.7 Å². The summed E-state index contributed by atoms with van der Waals surface area (Å²) in [6.07, 6.45) is 7.07. The second-order valence-corrected chi connectivity index (χ2v) is 4.69. The first-order chi connectivity index (χ1) is 4.70. The zero-order valence-electron chi connectivity index (χ0n) is 7.40. The molecule has 0 saturated carbocycles. The van der Waals surface area contributed by atoms with E-state index in [0.29, 0.717) is 0 Å². The zero-order valence-corrected chi connectivity index (χ0v) is 11.4. The SMILES string of the molecule is CC(C)CC1=[C]([Zr+2])CC=C1.[Cl-].[Cl-]. The molecule has 0 bridgehead atoms. The minimum absolute atomic E-state index is 0. The smallest absolute Gasteiger partial charge is 1.00 e. The second-order valence-electron chi connectivity index (χ2n) is 3.21. The number of rotatable bonds is 2. The molecule has 0 radical (unpaired) electrons. The Balaban J connectivity index is 0.